The summed E-state index contributed by atoms with van der Waals surface area (Å²) >= 11 is 0. The highest BCUT2D eigenvalue weighted by Gasteiger charge is 2.26. The molecule has 0 bridgehead atoms. The maximum absolute atomic E-state index is 5.13. The molecular weight excluding hydrogens is 140 g/mol. The second-order valence-corrected chi connectivity index (χ2v) is 3.17. The molecule has 11 heavy (non-hydrogen) atoms. The number of nitrogens with zero attached hydrogens (tertiary/aromatic N) is 2. The predicted molar refractivity (Wildman–Crippen MR) is 41.3 cm³/mol. The number of aromatic nitrogens is 2. The first-order valence-electron chi connectivity index (χ1n) is 3.93. The Morgan fingerprint density at radius 1 is 1.73 bits per heavy atom. The fraction of sp³-hybridized carbons (Fsp3) is 0.625. The SMILES string of the molecule is CC(C)n1cc([C@@H]2CO2)cn1. The van der Waals surface area contributed by atoms with Crippen molar-refractivity contribution < 1.29 is 4.74 Å². The van der Waals surface area contributed by atoms with Crippen molar-refractivity contribution in [2.75, 3.05) is 6.61 Å². The Balaban J connectivity index is 2.18. The van der Waals surface area contributed by atoms with E-state index in [0.29, 0.717) is 12.1 Å². The molecule has 3 nitrogen and oxygen atoms in total. The lowest BCUT2D eigenvalue weighted by Gasteiger charge is -2.02. The Morgan fingerprint density at radius 3 is 2.91 bits per heavy atom. The van der Waals surface area contributed by atoms with Crippen LogP contribution in [0, 0.1) is 0 Å². The molecule has 60 valence electrons. The Morgan fingerprint density at radius 2 is 2.45 bits per heavy atom. The molecule has 1 atom stereocenters. The van der Waals surface area contributed by atoms with Crippen LogP contribution in [0.25, 0.3) is 0 Å². The van der Waals surface area contributed by atoms with Gasteiger partial charge in [0.1, 0.15) is 6.10 Å². The van der Waals surface area contributed by atoms with Crippen molar-refractivity contribution in [3.05, 3.63) is 18.0 Å². The molecule has 0 saturated carbocycles. The minimum atomic E-state index is 0.336. The maximum atomic E-state index is 5.13. The summed E-state index contributed by atoms with van der Waals surface area (Å²) in [5, 5.41) is 4.21. The van der Waals surface area contributed by atoms with E-state index in [-0.39, 0.29) is 0 Å². The monoisotopic (exact) mass is 152 g/mol. The molecule has 1 aliphatic heterocycles. The summed E-state index contributed by atoms with van der Waals surface area (Å²) in [6.07, 6.45) is 4.28. The highest BCUT2D eigenvalue weighted by Crippen LogP contribution is 2.29. The normalized spacial score (nSPS) is 22.6. The predicted octanol–water partition coefficient (Wildman–Crippen LogP) is 1.54. The van der Waals surface area contributed by atoms with Crippen molar-refractivity contribution in [2.24, 2.45) is 0 Å². The van der Waals surface area contributed by atoms with E-state index in [1.807, 2.05) is 10.9 Å². The first-order chi connectivity index (χ1) is 5.27. The molecule has 0 radical (unpaired) electrons. The average Bonchev–Trinajstić information content (AvgIpc) is 2.68. The van der Waals surface area contributed by atoms with Gasteiger partial charge >= 0.3 is 0 Å². The van der Waals surface area contributed by atoms with Gasteiger partial charge in [-0.05, 0) is 13.8 Å². The summed E-state index contributed by atoms with van der Waals surface area (Å²) in [6, 6.07) is 0.447. The molecule has 2 heterocycles. The number of hydrogen-bond donors (Lipinski definition) is 0. The summed E-state index contributed by atoms with van der Waals surface area (Å²) in [4.78, 5) is 0. The van der Waals surface area contributed by atoms with Gasteiger partial charge in [-0.3, -0.25) is 4.68 Å². The molecule has 0 amide bonds. The topological polar surface area (TPSA) is 30.4 Å². The first kappa shape index (κ1) is 6.85. The van der Waals surface area contributed by atoms with Crippen molar-refractivity contribution in [1.29, 1.82) is 0 Å². The smallest absolute Gasteiger partial charge is 0.109 e. The third-order valence-corrected chi connectivity index (χ3v) is 1.86. The molecular formula is C8H12N2O. The van der Waals surface area contributed by atoms with Crippen molar-refractivity contribution >= 4 is 0 Å². The Kier molecular flexibility index (Phi) is 1.46. The lowest BCUT2D eigenvalue weighted by atomic mass is 10.3. The summed E-state index contributed by atoms with van der Waals surface area (Å²) in [5.41, 5.74) is 1.21. The van der Waals surface area contributed by atoms with Crippen LogP contribution in [-0.2, 0) is 4.74 Å². The van der Waals surface area contributed by atoms with Gasteiger partial charge in [-0.1, -0.05) is 0 Å². The van der Waals surface area contributed by atoms with Gasteiger partial charge in [0.15, 0.2) is 0 Å². The van der Waals surface area contributed by atoms with Gasteiger partial charge in [0.05, 0.1) is 12.8 Å². The molecule has 1 aromatic rings. The van der Waals surface area contributed by atoms with Crippen LogP contribution in [0.1, 0.15) is 31.6 Å². The van der Waals surface area contributed by atoms with Crippen LogP contribution < -0.4 is 0 Å². The van der Waals surface area contributed by atoms with Crippen LogP contribution in [0.4, 0.5) is 0 Å². The standard InChI is InChI=1S/C8H12N2O/c1-6(2)10-4-7(3-9-10)8-5-11-8/h3-4,6,8H,5H2,1-2H3/t8-/m0/s1. The molecule has 0 spiro atoms. The van der Waals surface area contributed by atoms with Gasteiger partial charge < -0.3 is 4.74 Å². The molecule has 0 aromatic carbocycles. The molecule has 3 heteroatoms. The number of rotatable bonds is 2. The minimum Gasteiger partial charge on any atom is -0.368 e. The van der Waals surface area contributed by atoms with Crippen molar-refractivity contribution in [2.45, 2.75) is 26.0 Å². The van der Waals surface area contributed by atoms with Gasteiger partial charge in [-0.2, -0.15) is 5.10 Å². The fourth-order valence-electron chi connectivity index (χ4n) is 1.04. The highest BCUT2D eigenvalue weighted by atomic mass is 16.6. The third-order valence-electron chi connectivity index (χ3n) is 1.86. The highest BCUT2D eigenvalue weighted by molar-refractivity contribution is 5.12. The van der Waals surface area contributed by atoms with Crippen LogP contribution >= 0.6 is 0 Å². The van der Waals surface area contributed by atoms with E-state index in [2.05, 4.69) is 25.1 Å². The van der Waals surface area contributed by atoms with Crippen molar-refractivity contribution in [3.63, 3.8) is 0 Å². The van der Waals surface area contributed by atoms with Gasteiger partial charge in [0.2, 0.25) is 0 Å². The van der Waals surface area contributed by atoms with E-state index >= 15 is 0 Å². The van der Waals surface area contributed by atoms with Crippen LogP contribution in [0.5, 0.6) is 0 Å². The maximum Gasteiger partial charge on any atom is 0.109 e. The van der Waals surface area contributed by atoms with Gasteiger partial charge in [-0.25, -0.2) is 0 Å². The summed E-state index contributed by atoms with van der Waals surface area (Å²) in [5.74, 6) is 0. The van der Waals surface area contributed by atoms with Crippen LogP contribution in [0.2, 0.25) is 0 Å². The van der Waals surface area contributed by atoms with Gasteiger partial charge in [-0.15, -0.1) is 0 Å². The van der Waals surface area contributed by atoms with Gasteiger partial charge in [0.25, 0.3) is 0 Å². The Labute approximate surface area is 66.0 Å². The Hall–Kier alpha value is -0.830. The van der Waals surface area contributed by atoms with E-state index < -0.39 is 0 Å². The number of epoxide rings is 1. The van der Waals surface area contributed by atoms with E-state index in [1.54, 1.807) is 0 Å². The number of hydrogen-bond acceptors (Lipinski definition) is 2. The fourth-order valence-corrected chi connectivity index (χ4v) is 1.04. The largest absolute Gasteiger partial charge is 0.368 e. The quantitative estimate of drug-likeness (QED) is 0.602. The molecule has 0 N–H and O–H groups in total. The number of ether oxygens (including phenoxy) is 1. The molecule has 1 fully saturated rings. The third kappa shape index (κ3) is 1.28. The first-order valence-corrected chi connectivity index (χ1v) is 3.93. The second-order valence-electron chi connectivity index (χ2n) is 3.17. The van der Waals surface area contributed by atoms with E-state index in [4.69, 9.17) is 4.74 Å². The van der Waals surface area contributed by atoms with E-state index in [1.165, 1.54) is 5.56 Å². The van der Waals surface area contributed by atoms with Crippen LogP contribution in [0.15, 0.2) is 12.4 Å². The Bertz CT molecular complexity index is 234. The second kappa shape index (κ2) is 2.34. The molecule has 1 aromatic heterocycles. The van der Waals surface area contributed by atoms with E-state index in [9.17, 15) is 0 Å². The molecule has 0 unspecified atom stereocenters. The van der Waals surface area contributed by atoms with Crippen LogP contribution in [0.3, 0.4) is 0 Å². The summed E-state index contributed by atoms with van der Waals surface area (Å²) in [7, 11) is 0. The molecule has 0 aliphatic carbocycles. The van der Waals surface area contributed by atoms with E-state index in [0.717, 1.165) is 6.61 Å². The molecule has 2 rings (SSSR count). The minimum absolute atomic E-state index is 0.336. The average molecular weight is 152 g/mol. The van der Waals surface area contributed by atoms with Crippen molar-refractivity contribution in [3.8, 4) is 0 Å². The zero-order chi connectivity index (χ0) is 7.84. The summed E-state index contributed by atoms with van der Waals surface area (Å²) in [6.45, 7) is 5.10. The lowest BCUT2D eigenvalue weighted by Crippen LogP contribution is -1.99. The van der Waals surface area contributed by atoms with Crippen LogP contribution in [-0.4, -0.2) is 16.4 Å². The van der Waals surface area contributed by atoms with Gasteiger partial charge in [0, 0.05) is 17.8 Å². The molecule has 1 saturated heterocycles. The summed E-state index contributed by atoms with van der Waals surface area (Å²) < 4.78 is 7.09. The zero-order valence-corrected chi connectivity index (χ0v) is 6.82. The lowest BCUT2D eigenvalue weighted by molar-refractivity contribution is 0.415. The van der Waals surface area contributed by atoms with Crippen molar-refractivity contribution in [1.82, 2.24) is 9.78 Å². The molecule has 1 aliphatic rings. The zero-order valence-electron chi connectivity index (χ0n) is 6.82.